The van der Waals surface area contributed by atoms with Gasteiger partial charge in [-0.3, -0.25) is 0 Å². The molecule has 1 rings (SSSR count). The zero-order valence-electron chi connectivity index (χ0n) is 11.2. The number of halogens is 2. The van der Waals surface area contributed by atoms with Gasteiger partial charge in [0, 0.05) is 17.6 Å². The molecule has 7 heteroatoms. The van der Waals surface area contributed by atoms with Crippen molar-refractivity contribution in [2.45, 2.75) is 38.1 Å². The summed E-state index contributed by atoms with van der Waals surface area (Å²) in [7, 11) is -3.72. The van der Waals surface area contributed by atoms with Gasteiger partial charge in [0.05, 0.1) is 10.7 Å². The monoisotopic (exact) mass is 324 g/mol. The molecular weight excluding hydrogens is 307 g/mol. The molecule has 2 N–H and O–H groups in total. The first-order valence-corrected chi connectivity index (χ1v) is 8.17. The lowest BCUT2D eigenvalue weighted by Gasteiger charge is -2.26. The summed E-state index contributed by atoms with van der Waals surface area (Å²) in [5.41, 5.74) is 5.84. The van der Waals surface area contributed by atoms with E-state index in [1.54, 1.807) is 0 Å². The Morgan fingerprint density at radius 3 is 2.32 bits per heavy atom. The average Bonchev–Trinajstić information content (AvgIpc) is 2.22. The van der Waals surface area contributed by atoms with Crippen molar-refractivity contribution >= 4 is 38.9 Å². The van der Waals surface area contributed by atoms with E-state index in [2.05, 4.69) is 0 Å². The summed E-state index contributed by atoms with van der Waals surface area (Å²) in [6, 6.07) is 2.61. The molecule has 1 aromatic carbocycles. The SMILES string of the molecule is CCCN(C(C)C)S(=O)(=O)c1c(N)cc(Cl)cc1Cl. The highest BCUT2D eigenvalue weighted by molar-refractivity contribution is 7.89. The number of nitrogens with zero attached hydrogens (tertiary/aromatic N) is 1. The zero-order chi connectivity index (χ0) is 14.8. The molecule has 4 nitrogen and oxygen atoms in total. The van der Waals surface area contributed by atoms with Crippen LogP contribution in [0.5, 0.6) is 0 Å². The molecule has 0 aromatic heterocycles. The quantitative estimate of drug-likeness (QED) is 0.844. The lowest BCUT2D eigenvalue weighted by molar-refractivity contribution is 0.354. The predicted molar refractivity (Wildman–Crippen MR) is 80.2 cm³/mol. The normalized spacial score (nSPS) is 12.4. The first-order chi connectivity index (χ1) is 8.71. The largest absolute Gasteiger partial charge is 0.398 e. The molecule has 0 saturated carbocycles. The highest BCUT2D eigenvalue weighted by Gasteiger charge is 2.30. The first-order valence-electron chi connectivity index (χ1n) is 5.98. The molecule has 108 valence electrons. The summed E-state index contributed by atoms with van der Waals surface area (Å²) < 4.78 is 26.7. The maximum Gasteiger partial charge on any atom is 0.246 e. The second kappa shape index (κ2) is 6.31. The topological polar surface area (TPSA) is 63.4 Å². The minimum Gasteiger partial charge on any atom is -0.398 e. The number of hydrogen-bond donors (Lipinski definition) is 1. The predicted octanol–water partition coefficient (Wildman–Crippen LogP) is 3.38. The van der Waals surface area contributed by atoms with Crippen LogP contribution < -0.4 is 5.73 Å². The summed E-state index contributed by atoms with van der Waals surface area (Å²) >= 11 is 11.8. The standard InChI is InChI=1S/C12H18Cl2N2O2S/c1-4-5-16(8(2)3)19(17,18)12-10(14)6-9(13)7-11(12)15/h6-8H,4-5,15H2,1-3H3. The number of sulfonamides is 1. The Morgan fingerprint density at radius 1 is 1.32 bits per heavy atom. The van der Waals surface area contributed by atoms with E-state index in [1.165, 1.54) is 16.4 Å². The second-order valence-corrected chi connectivity index (χ2v) is 7.19. The van der Waals surface area contributed by atoms with Crippen LogP contribution in [0.1, 0.15) is 27.2 Å². The van der Waals surface area contributed by atoms with Gasteiger partial charge in [0.15, 0.2) is 0 Å². The van der Waals surface area contributed by atoms with E-state index in [9.17, 15) is 8.42 Å². The fourth-order valence-corrected chi connectivity index (χ4v) is 4.52. The van der Waals surface area contributed by atoms with Crippen molar-refractivity contribution in [1.82, 2.24) is 4.31 Å². The number of rotatable bonds is 5. The van der Waals surface area contributed by atoms with E-state index >= 15 is 0 Å². The Kier molecular flexibility index (Phi) is 5.50. The summed E-state index contributed by atoms with van der Waals surface area (Å²) in [6.45, 7) is 5.95. The Hall–Kier alpha value is -0.490. The minimum absolute atomic E-state index is 0.0479. The Balaban J connectivity index is 3.42. The molecule has 0 aliphatic carbocycles. The highest BCUT2D eigenvalue weighted by atomic mass is 35.5. The van der Waals surface area contributed by atoms with E-state index in [1.807, 2.05) is 20.8 Å². The van der Waals surface area contributed by atoms with Gasteiger partial charge in [0.25, 0.3) is 0 Å². The van der Waals surface area contributed by atoms with Gasteiger partial charge in [-0.05, 0) is 32.4 Å². The van der Waals surface area contributed by atoms with E-state index in [0.29, 0.717) is 18.0 Å². The molecule has 0 unspecified atom stereocenters. The molecule has 0 fully saturated rings. The molecule has 0 aliphatic rings. The molecular formula is C12H18Cl2N2O2S. The van der Waals surface area contributed by atoms with E-state index in [0.717, 1.165) is 0 Å². The number of hydrogen-bond acceptors (Lipinski definition) is 3. The van der Waals surface area contributed by atoms with Crippen molar-refractivity contribution in [3.63, 3.8) is 0 Å². The molecule has 0 atom stereocenters. The fraction of sp³-hybridized carbons (Fsp3) is 0.500. The molecule has 0 aliphatic heterocycles. The van der Waals surface area contributed by atoms with Crippen LogP contribution in [0.2, 0.25) is 10.0 Å². The smallest absolute Gasteiger partial charge is 0.246 e. The third-order valence-electron chi connectivity index (χ3n) is 2.62. The minimum atomic E-state index is -3.72. The zero-order valence-corrected chi connectivity index (χ0v) is 13.5. The third kappa shape index (κ3) is 3.54. The van der Waals surface area contributed by atoms with E-state index in [-0.39, 0.29) is 21.6 Å². The molecule has 0 amide bonds. The molecule has 0 spiro atoms. The van der Waals surface area contributed by atoms with Crippen molar-refractivity contribution in [3.8, 4) is 0 Å². The van der Waals surface area contributed by atoms with Crippen LogP contribution in [-0.2, 0) is 10.0 Å². The van der Waals surface area contributed by atoms with Gasteiger partial charge in [0.1, 0.15) is 4.90 Å². The van der Waals surface area contributed by atoms with E-state index in [4.69, 9.17) is 28.9 Å². The summed E-state index contributed by atoms with van der Waals surface area (Å²) in [4.78, 5) is -0.0688. The molecule has 0 radical (unpaired) electrons. The lowest BCUT2D eigenvalue weighted by atomic mass is 10.3. The summed E-state index contributed by atoms with van der Waals surface area (Å²) in [5, 5.41) is 0.361. The van der Waals surface area contributed by atoms with Gasteiger partial charge in [-0.1, -0.05) is 30.1 Å². The van der Waals surface area contributed by atoms with Gasteiger partial charge in [0.2, 0.25) is 10.0 Å². The van der Waals surface area contributed by atoms with Gasteiger partial charge >= 0.3 is 0 Å². The van der Waals surface area contributed by atoms with Crippen molar-refractivity contribution in [1.29, 1.82) is 0 Å². The molecule has 19 heavy (non-hydrogen) atoms. The van der Waals surface area contributed by atoms with Crippen molar-refractivity contribution in [2.75, 3.05) is 12.3 Å². The van der Waals surface area contributed by atoms with Crippen LogP contribution in [0.15, 0.2) is 17.0 Å². The summed E-state index contributed by atoms with van der Waals surface area (Å²) in [5.74, 6) is 0. The average molecular weight is 325 g/mol. The molecule has 0 saturated heterocycles. The number of benzene rings is 1. The van der Waals surface area contributed by atoms with Crippen molar-refractivity contribution in [2.24, 2.45) is 0 Å². The van der Waals surface area contributed by atoms with Crippen LogP contribution in [-0.4, -0.2) is 25.3 Å². The number of anilines is 1. The Labute approximate surface area is 124 Å². The van der Waals surface area contributed by atoms with Crippen LogP contribution in [0, 0.1) is 0 Å². The Bertz CT molecular complexity index is 536. The molecule has 0 bridgehead atoms. The molecule has 0 heterocycles. The van der Waals surface area contributed by atoms with Gasteiger partial charge in [-0.2, -0.15) is 4.31 Å². The van der Waals surface area contributed by atoms with Gasteiger partial charge in [-0.15, -0.1) is 0 Å². The van der Waals surface area contributed by atoms with Crippen molar-refractivity contribution in [3.05, 3.63) is 22.2 Å². The second-order valence-electron chi connectivity index (χ2n) is 4.52. The van der Waals surface area contributed by atoms with Crippen LogP contribution in [0.3, 0.4) is 0 Å². The maximum atomic E-state index is 12.6. The van der Waals surface area contributed by atoms with E-state index < -0.39 is 10.0 Å². The lowest BCUT2D eigenvalue weighted by Crippen LogP contribution is -2.38. The fourth-order valence-electron chi connectivity index (χ4n) is 1.85. The van der Waals surface area contributed by atoms with Crippen LogP contribution in [0.25, 0.3) is 0 Å². The van der Waals surface area contributed by atoms with Crippen LogP contribution >= 0.6 is 23.2 Å². The first kappa shape index (κ1) is 16.6. The van der Waals surface area contributed by atoms with Gasteiger partial charge < -0.3 is 5.73 Å². The van der Waals surface area contributed by atoms with Crippen molar-refractivity contribution < 1.29 is 8.42 Å². The maximum absolute atomic E-state index is 12.6. The van der Waals surface area contributed by atoms with Crippen LogP contribution in [0.4, 0.5) is 5.69 Å². The summed E-state index contributed by atoms with van der Waals surface area (Å²) in [6.07, 6.45) is 0.711. The number of nitrogen functional groups attached to an aromatic ring is 1. The Morgan fingerprint density at radius 2 is 1.89 bits per heavy atom. The third-order valence-corrected chi connectivity index (χ3v) is 5.45. The highest BCUT2D eigenvalue weighted by Crippen LogP contribution is 2.33. The molecule has 1 aromatic rings. The van der Waals surface area contributed by atoms with Gasteiger partial charge in [-0.25, -0.2) is 8.42 Å². The number of nitrogens with two attached hydrogens (primary N) is 1.